The van der Waals surface area contributed by atoms with Crippen LogP contribution in [0.15, 0.2) is 60.0 Å². The van der Waals surface area contributed by atoms with Gasteiger partial charge in [0.05, 0.1) is 19.2 Å². The normalized spacial score (nSPS) is 20.9. The Morgan fingerprint density at radius 3 is 2.19 bits per heavy atom. The van der Waals surface area contributed by atoms with Gasteiger partial charge in [0.2, 0.25) is 17.7 Å². The van der Waals surface area contributed by atoms with E-state index in [4.69, 9.17) is 25.1 Å². The second-order valence-electron chi connectivity index (χ2n) is 14.5. The van der Waals surface area contributed by atoms with Crippen LogP contribution in [0, 0.1) is 5.92 Å². The molecular formula is C40H53N7O10S. The number of nitrogens with one attached hydrogen (secondary N) is 4. The van der Waals surface area contributed by atoms with Crippen molar-refractivity contribution in [1.82, 2.24) is 31.2 Å². The maximum atomic E-state index is 14.5. The summed E-state index contributed by atoms with van der Waals surface area (Å²) in [4.78, 5) is 82.8. The smallest absolute Gasteiger partial charge is 0.300 e. The fourth-order valence-electron chi connectivity index (χ4n) is 6.29. The number of carboxylic acid groups (broad SMARTS) is 1. The standard InChI is InChI=1S/C38H49N7O8S.C2H4O2/c1-23(2)19-28(39)35-43-31(22-54-35)36(50)45-16-13-38(14-17-45)37(51)44-29(20-25-7-5-4-6-8-25)33(48)42-30(21-46)34(49)41-24(3)32(47)40-15-18-52-26-9-11-27(53-38)12-10-26;1-2(3)4/h4-12,22-24,28-30,46H,13-21,39H2,1-3H3,(H,40,47)(H,41,49)(H,42,48)(H,44,51);1H3,(H,3,4)/t24-,28-,29+,30-;/m0./s1. The third kappa shape index (κ3) is 13.0. The van der Waals surface area contributed by atoms with Crippen molar-refractivity contribution in [3.63, 3.8) is 0 Å². The van der Waals surface area contributed by atoms with Gasteiger partial charge in [0.25, 0.3) is 17.8 Å². The molecule has 2 bridgehead atoms. The lowest BCUT2D eigenvalue weighted by molar-refractivity contribution is -0.144. The Balaban J connectivity index is 0.00000178. The molecule has 0 saturated carbocycles. The highest BCUT2D eigenvalue weighted by atomic mass is 32.1. The summed E-state index contributed by atoms with van der Waals surface area (Å²) in [6.07, 6.45) is 0.966. The lowest BCUT2D eigenvalue weighted by atomic mass is 9.89. The van der Waals surface area contributed by atoms with Crippen LogP contribution in [0.2, 0.25) is 0 Å². The van der Waals surface area contributed by atoms with Gasteiger partial charge in [-0.3, -0.25) is 28.8 Å². The molecule has 3 aliphatic heterocycles. The largest absolute Gasteiger partial charge is 0.492 e. The number of carboxylic acids is 1. The van der Waals surface area contributed by atoms with Gasteiger partial charge in [0, 0.05) is 44.7 Å². The number of hydrogen-bond donors (Lipinski definition) is 7. The van der Waals surface area contributed by atoms with Gasteiger partial charge >= 0.3 is 0 Å². The molecule has 0 unspecified atom stereocenters. The highest BCUT2D eigenvalue weighted by Crippen LogP contribution is 2.32. The third-order valence-corrected chi connectivity index (χ3v) is 10.3. The van der Waals surface area contributed by atoms with E-state index in [9.17, 15) is 29.1 Å². The first-order chi connectivity index (χ1) is 27.6. The lowest BCUT2D eigenvalue weighted by Gasteiger charge is -2.41. The first kappa shape index (κ1) is 45.1. The van der Waals surface area contributed by atoms with Gasteiger partial charge in [-0.1, -0.05) is 44.2 Å². The molecule has 1 fully saturated rings. The predicted molar refractivity (Wildman–Crippen MR) is 214 cm³/mol. The molecule has 314 valence electrons. The van der Waals surface area contributed by atoms with Crippen LogP contribution in [0.25, 0.3) is 0 Å². The number of likely N-dealkylation sites (tertiary alicyclic amines) is 1. The van der Waals surface area contributed by atoms with Crippen LogP contribution in [0.4, 0.5) is 0 Å². The highest BCUT2D eigenvalue weighted by molar-refractivity contribution is 7.09. The van der Waals surface area contributed by atoms with Crippen molar-refractivity contribution in [2.24, 2.45) is 11.7 Å². The number of amides is 5. The maximum absolute atomic E-state index is 14.5. The van der Waals surface area contributed by atoms with E-state index < -0.39 is 59.9 Å². The van der Waals surface area contributed by atoms with Crippen molar-refractivity contribution in [2.75, 3.05) is 32.8 Å². The number of piperidine rings is 1. The molecule has 1 spiro atoms. The zero-order chi connectivity index (χ0) is 42.4. The molecular weight excluding hydrogens is 771 g/mol. The fraction of sp³-hybridized carbons (Fsp3) is 0.475. The summed E-state index contributed by atoms with van der Waals surface area (Å²) >= 11 is 1.35. The van der Waals surface area contributed by atoms with Crippen LogP contribution in [0.1, 0.15) is 74.1 Å². The molecule has 2 aromatic carbocycles. The van der Waals surface area contributed by atoms with E-state index in [0.29, 0.717) is 28.1 Å². The van der Waals surface area contributed by atoms with Gasteiger partial charge < -0.3 is 51.6 Å². The predicted octanol–water partition coefficient (Wildman–Crippen LogP) is 1.55. The monoisotopic (exact) mass is 823 g/mol. The third-order valence-electron chi connectivity index (χ3n) is 9.33. The number of aromatic nitrogens is 1. The summed E-state index contributed by atoms with van der Waals surface area (Å²) < 4.78 is 12.3. The van der Waals surface area contributed by atoms with Crippen LogP contribution in [0.3, 0.4) is 0 Å². The average Bonchev–Trinajstić information content (AvgIpc) is 3.69. The van der Waals surface area contributed by atoms with Crippen LogP contribution >= 0.6 is 11.3 Å². The number of fused-ring (bicyclic) bond motifs is 15. The summed E-state index contributed by atoms with van der Waals surface area (Å²) in [5, 5.41) is 30.5. The Morgan fingerprint density at radius 1 is 0.948 bits per heavy atom. The van der Waals surface area contributed by atoms with Crippen molar-refractivity contribution < 1.29 is 48.5 Å². The van der Waals surface area contributed by atoms with Crippen LogP contribution in [-0.2, 0) is 30.4 Å². The van der Waals surface area contributed by atoms with E-state index in [2.05, 4.69) is 40.1 Å². The Bertz CT molecular complexity index is 1860. The van der Waals surface area contributed by atoms with E-state index in [-0.39, 0.29) is 57.5 Å². The van der Waals surface area contributed by atoms with Gasteiger partial charge in [-0.2, -0.15) is 0 Å². The van der Waals surface area contributed by atoms with E-state index in [1.54, 1.807) is 58.8 Å². The number of rotatable bonds is 7. The molecule has 3 aliphatic rings. The zero-order valence-electron chi connectivity index (χ0n) is 33.1. The summed E-state index contributed by atoms with van der Waals surface area (Å²) in [5.41, 5.74) is 5.84. The molecule has 6 rings (SSSR count). The number of nitrogens with two attached hydrogens (primary N) is 1. The highest BCUT2D eigenvalue weighted by Gasteiger charge is 2.46. The number of hydrogen-bond acceptors (Lipinski definition) is 12. The van der Waals surface area contributed by atoms with E-state index in [0.717, 1.165) is 18.9 Å². The molecule has 4 atom stereocenters. The topological polar surface area (TPSA) is 252 Å². The number of aliphatic hydroxyl groups excluding tert-OH is 1. The molecule has 0 radical (unpaired) electrons. The van der Waals surface area contributed by atoms with Crippen molar-refractivity contribution in [1.29, 1.82) is 0 Å². The molecule has 17 nitrogen and oxygen atoms in total. The van der Waals surface area contributed by atoms with Crippen molar-refractivity contribution in [3.8, 4) is 11.5 Å². The molecule has 3 aromatic rings. The first-order valence-electron chi connectivity index (χ1n) is 19.1. The van der Waals surface area contributed by atoms with Gasteiger partial charge in [-0.25, -0.2) is 4.98 Å². The number of aliphatic hydroxyl groups is 1. The maximum Gasteiger partial charge on any atom is 0.300 e. The quantitative estimate of drug-likeness (QED) is 0.168. The fourth-order valence-corrected chi connectivity index (χ4v) is 7.10. The van der Waals surface area contributed by atoms with Crippen molar-refractivity contribution >= 4 is 46.8 Å². The molecule has 4 heterocycles. The first-order valence-corrected chi connectivity index (χ1v) is 19.9. The van der Waals surface area contributed by atoms with E-state index >= 15 is 0 Å². The molecule has 1 saturated heterocycles. The summed E-state index contributed by atoms with van der Waals surface area (Å²) in [6, 6.07) is 11.8. The zero-order valence-corrected chi connectivity index (χ0v) is 33.9. The minimum atomic E-state index is -1.50. The molecule has 18 heteroatoms. The molecule has 8 N–H and O–H groups in total. The summed E-state index contributed by atoms with van der Waals surface area (Å²) in [6.45, 7) is 6.53. The minimum Gasteiger partial charge on any atom is -0.492 e. The van der Waals surface area contributed by atoms with Crippen LogP contribution < -0.4 is 36.5 Å². The van der Waals surface area contributed by atoms with Gasteiger partial charge in [0.1, 0.15) is 46.9 Å². The molecule has 0 aliphatic carbocycles. The Kier molecular flexibility index (Phi) is 16.5. The molecule has 58 heavy (non-hydrogen) atoms. The second-order valence-corrected chi connectivity index (χ2v) is 15.4. The number of benzene rings is 2. The number of carbonyl (C=O) groups excluding carboxylic acids is 5. The summed E-state index contributed by atoms with van der Waals surface area (Å²) in [7, 11) is 0. The van der Waals surface area contributed by atoms with Crippen LogP contribution in [0.5, 0.6) is 11.5 Å². The number of carbonyl (C=O) groups is 6. The number of ether oxygens (including phenoxy) is 2. The average molecular weight is 824 g/mol. The Morgan fingerprint density at radius 2 is 1.57 bits per heavy atom. The van der Waals surface area contributed by atoms with Crippen molar-refractivity contribution in [3.05, 3.63) is 76.2 Å². The van der Waals surface area contributed by atoms with Crippen LogP contribution in [-0.4, -0.2) is 112 Å². The summed E-state index contributed by atoms with van der Waals surface area (Å²) in [5.74, 6) is -2.48. The van der Waals surface area contributed by atoms with Crippen molar-refractivity contribution in [2.45, 2.75) is 83.1 Å². The lowest BCUT2D eigenvalue weighted by Crippen LogP contribution is -2.62. The van der Waals surface area contributed by atoms with Gasteiger partial charge in [-0.05, 0) is 49.1 Å². The van der Waals surface area contributed by atoms with E-state index in [1.165, 1.54) is 18.3 Å². The number of nitrogens with zero attached hydrogens (tertiary/aromatic N) is 2. The van der Waals surface area contributed by atoms with Gasteiger partial charge in [0.15, 0.2) is 5.60 Å². The number of aliphatic carboxylic acids is 1. The SMILES string of the molecule is CC(=O)O.CC(C)C[C@H](N)c1nc(C(=O)N2CCC3(CC2)Oc2ccc(cc2)OCCNC(=O)[C@H](C)NC(=O)[C@H](CO)NC(=O)[C@@H](Cc2ccccc2)NC3=O)cs1. The Labute approximate surface area is 341 Å². The second kappa shape index (κ2) is 21.2. The van der Waals surface area contributed by atoms with E-state index in [1.807, 2.05) is 6.07 Å². The minimum absolute atomic E-state index is 0.0504. The molecule has 1 aromatic heterocycles. The van der Waals surface area contributed by atoms with Gasteiger partial charge in [-0.15, -0.1) is 11.3 Å². The number of thiazole rings is 1. The molecule has 5 amide bonds. The Hall–Kier alpha value is -5.59.